The Morgan fingerprint density at radius 1 is 1.10 bits per heavy atom. The average Bonchev–Trinajstić information content (AvgIpc) is 2.46. The quantitative estimate of drug-likeness (QED) is 0.879. The maximum atomic E-state index is 13.1. The van der Waals surface area contributed by atoms with Crippen LogP contribution in [-0.2, 0) is 0 Å². The summed E-state index contributed by atoms with van der Waals surface area (Å²) in [6.45, 7) is 5.29. The van der Waals surface area contributed by atoms with E-state index in [0.29, 0.717) is 6.04 Å². The zero-order valence-electron chi connectivity index (χ0n) is 11.8. The minimum Gasteiger partial charge on any atom is -0.375 e. The van der Waals surface area contributed by atoms with Crippen molar-refractivity contribution in [3.05, 3.63) is 59.9 Å². The summed E-state index contributed by atoms with van der Waals surface area (Å²) in [4.78, 5) is 2.39. The van der Waals surface area contributed by atoms with Crippen molar-refractivity contribution in [2.75, 3.05) is 16.8 Å². The lowest BCUT2D eigenvalue weighted by Crippen LogP contribution is -2.40. The van der Waals surface area contributed by atoms with Crippen LogP contribution in [0, 0.1) is 5.82 Å². The number of nitrogens with zero attached hydrogens (tertiary/aromatic N) is 1. The highest BCUT2D eigenvalue weighted by Gasteiger charge is 2.25. The smallest absolute Gasteiger partial charge is 0.123 e. The van der Waals surface area contributed by atoms with Crippen molar-refractivity contribution in [1.82, 2.24) is 0 Å². The molecule has 3 rings (SSSR count). The maximum absolute atomic E-state index is 13.1. The lowest BCUT2D eigenvalue weighted by Gasteiger charge is -2.40. The number of hydrogen-bond acceptors (Lipinski definition) is 2. The van der Waals surface area contributed by atoms with E-state index in [1.54, 1.807) is 0 Å². The normalized spacial score (nSPS) is 17.8. The van der Waals surface area contributed by atoms with Gasteiger partial charge >= 0.3 is 0 Å². The van der Waals surface area contributed by atoms with Gasteiger partial charge in [-0.05, 0) is 43.7 Å². The van der Waals surface area contributed by atoms with Crippen LogP contribution in [-0.4, -0.2) is 12.6 Å². The molecule has 0 spiro atoms. The Morgan fingerprint density at radius 3 is 2.50 bits per heavy atom. The molecule has 0 saturated heterocycles. The van der Waals surface area contributed by atoms with E-state index in [2.05, 4.69) is 42.3 Å². The Morgan fingerprint density at radius 2 is 1.80 bits per heavy atom. The highest BCUT2D eigenvalue weighted by Crippen LogP contribution is 2.36. The largest absolute Gasteiger partial charge is 0.375 e. The molecule has 1 heterocycles. The van der Waals surface area contributed by atoms with Crippen LogP contribution in [0.4, 0.5) is 15.8 Å². The molecule has 0 amide bonds. The molecule has 1 aliphatic rings. The minimum atomic E-state index is -0.189. The Hall–Kier alpha value is -2.03. The zero-order valence-corrected chi connectivity index (χ0v) is 11.8. The first-order chi connectivity index (χ1) is 9.65. The molecule has 2 aromatic carbocycles. The Bertz CT molecular complexity index is 592. The van der Waals surface area contributed by atoms with E-state index < -0.39 is 0 Å². The van der Waals surface area contributed by atoms with Gasteiger partial charge in [0.25, 0.3) is 0 Å². The van der Waals surface area contributed by atoms with Crippen molar-refractivity contribution in [3.8, 4) is 0 Å². The molecule has 0 saturated carbocycles. The molecule has 1 aliphatic heterocycles. The fraction of sp³-hybridized carbons (Fsp3) is 0.294. The van der Waals surface area contributed by atoms with Gasteiger partial charge < -0.3 is 10.2 Å². The Kier molecular flexibility index (Phi) is 3.35. The number of hydrogen-bond donors (Lipinski definition) is 1. The van der Waals surface area contributed by atoms with Crippen LogP contribution < -0.4 is 10.2 Å². The third kappa shape index (κ3) is 2.36. The van der Waals surface area contributed by atoms with Crippen LogP contribution in [0.5, 0.6) is 0 Å². The molecule has 0 radical (unpaired) electrons. The van der Waals surface area contributed by atoms with E-state index in [1.807, 2.05) is 18.2 Å². The van der Waals surface area contributed by atoms with Gasteiger partial charge in [-0.2, -0.15) is 0 Å². The van der Waals surface area contributed by atoms with E-state index in [1.165, 1.54) is 17.8 Å². The summed E-state index contributed by atoms with van der Waals surface area (Å²) in [6, 6.07) is 15.7. The van der Waals surface area contributed by atoms with Crippen LogP contribution in [0.25, 0.3) is 0 Å². The van der Waals surface area contributed by atoms with Gasteiger partial charge in [-0.3, -0.25) is 0 Å². The monoisotopic (exact) mass is 270 g/mol. The second kappa shape index (κ2) is 5.16. The minimum absolute atomic E-state index is 0.188. The van der Waals surface area contributed by atoms with Gasteiger partial charge in [0.2, 0.25) is 0 Å². The van der Waals surface area contributed by atoms with E-state index in [9.17, 15) is 4.39 Å². The van der Waals surface area contributed by atoms with Crippen molar-refractivity contribution >= 4 is 11.4 Å². The molecular formula is C17H19FN2. The van der Waals surface area contributed by atoms with Gasteiger partial charge in [0, 0.05) is 12.6 Å². The molecule has 1 atom stereocenters. The van der Waals surface area contributed by atoms with Gasteiger partial charge in [-0.15, -0.1) is 0 Å². The number of nitrogens with one attached hydrogen (secondary N) is 1. The fourth-order valence-corrected chi connectivity index (χ4v) is 2.75. The van der Waals surface area contributed by atoms with Gasteiger partial charge in [-0.25, -0.2) is 4.39 Å². The van der Waals surface area contributed by atoms with Crippen molar-refractivity contribution in [2.24, 2.45) is 0 Å². The van der Waals surface area contributed by atoms with Crippen LogP contribution in [0.2, 0.25) is 0 Å². The third-order valence-electron chi connectivity index (χ3n) is 3.82. The molecular weight excluding hydrogens is 251 g/mol. The average molecular weight is 270 g/mol. The summed E-state index contributed by atoms with van der Waals surface area (Å²) in [5, 5.41) is 3.55. The predicted molar refractivity (Wildman–Crippen MR) is 81.7 cm³/mol. The predicted octanol–water partition coefficient (Wildman–Crippen LogP) is 4.21. The SMILES string of the molecule is CC(C)N1C[C@H](c2ccc(F)cc2)Nc2ccccc21. The van der Waals surface area contributed by atoms with Gasteiger partial charge in [0.05, 0.1) is 17.4 Å². The molecule has 20 heavy (non-hydrogen) atoms. The van der Waals surface area contributed by atoms with Crippen molar-refractivity contribution < 1.29 is 4.39 Å². The topological polar surface area (TPSA) is 15.3 Å². The first-order valence-electron chi connectivity index (χ1n) is 7.03. The number of halogens is 1. The first-order valence-corrected chi connectivity index (χ1v) is 7.03. The number of fused-ring (bicyclic) bond motifs is 1. The Balaban J connectivity index is 1.95. The molecule has 2 nitrogen and oxygen atoms in total. The van der Waals surface area contributed by atoms with E-state index >= 15 is 0 Å². The first kappa shape index (κ1) is 13.0. The van der Waals surface area contributed by atoms with E-state index in [-0.39, 0.29) is 11.9 Å². The molecule has 0 unspecified atom stereocenters. The zero-order chi connectivity index (χ0) is 14.1. The summed E-state index contributed by atoms with van der Waals surface area (Å²) in [5.41, 5.74) is 3.49. The lowest BCUT2D eigenvalue weighted by atomic mass is 10.0. The summed E-state index contributed by atoms with van der Waals surface area (Å²) >= 11 is 0. The summed E-state index contributed by atoms with van der Waals surface area (Å²) in [6.07, 6.45) is 0. The summed E-state index contributed by atoms with van der Waals surface area (Å²) in [5.74, 6) is -0.189. The summed E-state index contributed by atoms with van der Waals surface area (Å²) in [7, 11) is 0. The van der Waals surface area contributed by atoms with Gasteiger partial charge in [-0.1, -0.05) is 24.3 Å². The van der Waals surface area contributed by atoms with Crippen LogP contribution >= 0.6 is 0 Å². The molecule has 0 bridgehead atoms. The highest BCUT2D eigenvalue weighted by molar-refractivity contribution is 5.73. The lowest BCUT2D eigenvalue weighted by molar-refractivity contribution is 0.609. The second-order valence-corrected chi connectivity index (χ2v) is 5.51. The third-order valence-corrected chi connectivity index (χ3v) is 3.82. The van der Waals surface area contributed by atoms with Crippen molar-refractivity contribution in [1.29, 1.82) is 0 Å². The second-order valence-electron chi connectivity index (χ2n) is 5.51. The van der Waals surface area contributed by atoms with E-state index in [4.69, 9.17) is 0 Å². The molecule has 3 heteroatoms. The molecule has 0 aromatic heterocycles. The number of benzene rings is 2. The summed E-state index contributed by atoms with van der Waals surface area (Å²) < 4.78 is 13.1. The van der Waals surface area contributed by atoms with Crippen molar-refractivity contribution in [3.63, 3.8) is 0 Å². The molecule has 104 valence electrons. The van der Waals surface area contributed by atoms with Crippen LogP contribution in [0.1, 0.15) is 25.5 Å². The number of para-hydroxylation sites is 2. The van der Waals surface area contributed by atoms with Crippen LogP contribution in [0.3, 0.4) is 0 Å². The van der Waals surface area contributed by atoms with E-state index in [0.717, 1.165) is 17.8 Å². The number of rotatable bonds is 2. The maximum Gasteiger partial charge on any atom is 0.123 e. The Labute approximate surface area is 119 Å². The van der Waals surface area contributed by atoms with Gasteiger partial charge in [0.1, 0.15) is 5.82 Å². The number of anilines is 2. The standard InChI is InChI=1S/C17H19FN2/c1-12(2)20-11-16(13-7-9-14(18)10-8-13)19-15-5-3-4-6-17(15)20/h3-10,12,16,19H,11H2,1-2H3/t16-/m1/s1. The van der Waals surface area contributed by atoms with Gasteiger partial charge in [0.15, 0.2) is 0 Å². The molecule has 0 aliphatic carbocycles. The van der Waals surface area contributed by atoms with Crippen LogP contribution in [0.15, 0.2) is 48.5 Å². The molecule has 2 aromatic rings. The van der Waals surface area contributed by atoms with Crippen molar-refractivity contribution in [2.45, 2.75) is 25.9 Å². The molecule has 0 fully saturated rings. The fourth-order valence-electron chi connectivity index (χ4n) is 2.75. The highest BCUT2D eigenvalue weighted by atomic mass is 19.1. The molecule has 1 N–H and O–H groups in total.